The van der Waals surface area contributed by atoms with Crippen molar-refractivity contribution in [2.75, 3.05) is 0 Å². The van der Waals surface area contributed by atoms with Gasteiger partial charge in [-0.3, -0.25) is 0 Å². The van der Waals surface area contributed by atoms with E-state index in [9.17, 15) is 4.21 Å². The fourth-order valence-corrected chi connectivity index (χ4v) is 4.52. The minimum Gasteiger partial charge on any atom is -0.249 e. The monoisotopic (exact) mass is 286 g/mol. The van der Waals surface area contributed by atoms with Crippen LogP contribution < -0.4 is 0 Å². The van der Waals surface area contributed by atoms with Crippen molar-refractivity contribution in [3.8, 4) is 0 Å². The predicted molar refractivity (Wildman–Crippen MR) is 81.6 cm³/mol. The van der Waals surface area contributed by atoms with Crippen LogP contribution in [0.15, 0.2) is 75.9 Å². The Labute approximate surface area is 120 Å². The number of thioether (sulfide) groups is 1. The Balaban J connectivity index is 1.99. The van der Waals surface area contributed by atoms with Gasteiger partial charge in [0.25, 0.3) is 0 Å². The van der Waals surface area contributed by atoms with Gasteiger partial charge in [-0.2, -0.15) is 0 Å². The maximum absolute atomic E-state index is 12.7. The van der Waals surface area contributed by atoms with Crippen molar-refractivity contribution < 1.29 is 4.21 Å². The van der Waals surface area contributed by atoms with Crippen LogP contribution in [0.4, 0.5) is 0 Å². The Morgan fingerprint density at radius 2 is 1.74 bits per heavy atom. The highest BCUT2D eigenvalue weighted by Crippen LogP contribution is 2.41. The molecule has 1 aliphatic rings. The van der Waals surface area contributed by atoms with E-state index >= 15 is 0 Å². The molecule has 0 fully saturated rings. The average molecular weight is 286 g/mol. The minimum absolute atomic E-state index is 0.406. The van der Waals surface area contributed by atoms with Gasteiger partial charge >= 0.3 is 0 Å². The van der Waals surface area contributed by atoms with Gasteiger partial charge in [0.15, 0.2) is 0 Å². The van der Waals surface area contributed by atoms with Crippen LogP contribution in [0.1, 0.15) is 17.2 Å². The smallest absolute Gasteiger partial charge is 0.0852 e. The lowest BCUT2D eigenvalue weighted by Gasteiger charge is -2.14. The van der Waals surface area contributed by atoms with Crippen molar-refractivity contribution >= 4 is 22.6 Å². The van der Waals surface area contributed by atoms with Gasteiger partial charge in [-0.25, -0.2) is 4.21 Å². The minimum atomic E-state index is -1.10. The molecule has 0 bridgehead atoms. The van der Waals surface area contributed by atoms with E-state index in [2.05, 4.69) is 17.6 Å². The van der Waals surface area contributed by atoms with E-state index in [0.717, 1.165) is 16.2 Å². The predicted octanol–water partition coefficient (Wildman–Crippen LogP) is 4.55. The average Bonchev–Trinajstić information content (AvgIpc) is 3.01. The van der Waals surface area contributed by atoms with Crippen LogP contribution >= 0.6 is 11.8 Å². The number of hydrogen-bond acceptors (Lipinski definition) is 2. The number of rotatable bonds is 3. The van der Waals surface area contributed by atoms with Gasteiger partial charge in [0.05, 0.1) is 10.8 Å². The maximum Gasteiger partial charge on any atom is 0.0852 e. The van der Waals surface area contributed by atoms with E-state index in [1.54, 1.807) is 0 Å². The number of allylic oxidation sites excluding steroid dienone is 1. The molecular formula is C16H14OS2. The highest BCUT2D eigenvalue weighted by molar-refractivity contribution is 8.02. The van der Waals surface area contributed by atoms with Crippen molar-refractivity contribution in [3.05, 3.63) is 71.6 Å². The first-order chi connectivity index (χ1) is 9.36. The molecule has 0 N–H and O–H groups in total. The van der Waals surface area contributed by atoms with Crippen molar-refractivity contribution in [2.45, 2.75) is 21.5 Å². The molecular weight excluding hydrogens is 272 g/mol. The molecule has 96 valence electrons. The molecule has 2 aromatic rings. The first kappa shape index (κ1) is 12.7. The molecule has 2 aromatic carbocycles. The highest BCUT2D eigenvalue weighted by atomic mass is 32.2. The molecule has 0 amide bonds. The fraction of sp³-hybridized carbons (Fsp3) is 0.125. The lowest BCUT2D eigenvalue weighted by Crippen LogP contribution is -2.00. The van der Waals surface area contributed by atoms with Crippen LogP contribution in [-0.2, 0) is 10.8 Å². The summed E-state index contributed by atoms with van der Waals surface area (Å²) >= 11 is 1.81. The molecule has 2 atom stereocenters. The van der Waals surface area contributed by atoms with Gasteiger partial charge in [-0.05, 0) is 35.6 Å². The Hall–Kier alpha value is -1.32. The molecule has 3 heteroatoms. The first-order valence-corrected chi connectivity index (χ1v) is 8.32. The summed E-state index contributed by atoms with van der Waals surface area (Å²) in [6, 6.07) is 17.7. The summed E-state index contributed by atoms with van der Waals surface area (Å²) in [6.07, 6.45) is 3.20. The third kappa shape index (κ3) is 2.67. The highest BCUT2D eigenvalue weighted by Gasteiger charge is 2.20. The summed E-state index contributed by atoms with van der Waals surface area (Å²) in [4.78, 5) is 1.81. The van der Waals surface area contributed by atoms with Crippen LogP contribution in [0.5, 0.6) is 0 Å². The Bertz CT molecular complexity index is 612. The van der Waals surface area contributed by atoms with Crippen molar-refractivity contribution in [2.24, 2.45) is 0 Å². The van der Waals surface area contributed by atoms with Crippen LogP contribution in [0.3, 0.4) is 0 Å². The molecule has 0 spiro atoms. The van der Waals surface area contributed by atoms with E-state index in [-0.39, 0.29) is 0 Å². The number of hydrogen-bond donors (Lipinski definition) is 0. The summed E-state index contributed by atoms with van der Waals surface area (Å²) < 4.78 is 12.7. The van der Waals surface area contributed by atoms with E-state index in [1.165, 1.54) is 5.56 Å². The third-order valence-corrected chi connectivity index (χ3v) is 5.71. The SMILES string of the molecule is O=S(c1ccccc1)c1ccccc1C1CC=CS1. The quantitative estimate of drug-likeness (QED) is 0.823. The molecule has 0 saturated heterocycles. The maximum atomic E-state index is 12.7. The molecule has 19 heavy (non-hydrogen) atoms. The van der Waals surface area contributed by atoms with E-state index in [0.29, 0.717) is 5.25 Å². The third-order valence-electron chi connectivity index (χ3n) is 3.11. The summed E-state index contributed by atoms with van der Waals surface area (Å²) in [5.41, 5.74) is 1.19. The largest absolute Gasteiger partial charge is 0.249 e. The van der Waals surface area contributed by atoms with E-state index in [1.807, 2.05) is 60.3 Å². The first-order valence-electron chi connectivity index (χ1n) is 6.22. The Kier molecular flexibility index (Phi) is 3.85. The Morgan fingerprint density at radius 3 is 2.47 bits per heavy atom. The standard InChI is InChI=1S/C16H14OS2/c17-19(13-7-2-1-3-8-13)16-11-5-4-9-14(16)15-10-6-12-18-15/h1-9,11-12,15H,10H2. The fourth-order valence-electron chi connectivity index (χ4n) is 2.17. The summed E-state index contributed by atoms with van der Waals surface area (Å²) in [7, 11) is -1.10. The van der Waals surface area contributed by atoms with Crippen LogP contribution in [-0.4, -0.2) is 4.21 Å². The van der Waals surface area contributed by atoms with E-state index in [4.69, 9.17) is 0 Å². The van der Waals surface area contributed by atoms with Gasteiger partial charge in [-0.15, -0.1) is 11.8 Å². The normalized spacial score (nSPS) is 19.5. The van der Waals surface area contributed by atoms with Gasteiger partial charge in [0.2, 0.25) is 0 Å². The second-order valence-electron chi connectivity index (χ2n) is 4.35. The molecule has 1 nitrogen and oxygen atoms in total. The molecule has 0 aliphatic carbocycles. The summed E-state index contributed by atoms with van der Waals surface area (Å²) in [5.74, 6) is 0. The molecule has 0 aromatic heterocycles. The van der Waals surface area contributed by atoms with Gasteiger partial charge in [0, 0.05) is 15.0 Å². The van der Waals surface area contributed by atoms with Crippen LogP contribution in [0, 0.1) is 0 Å². The molecule has 0 saturated carbocycles. The molecule has 0 radical (unpaired) electrons. The van der Waals surface area contributed by atoms with Crippen LogP contribution in [0.25, 0.3) is 0 Å². The van der Waals surface area contributed by atoms with Crippen molar-refractivity contribution in [1.29, 1.82) is 0 Å². The van der Waals surface area contributed by atoms with Crippen molar-refractivity contribution in [3.63, 3.8) is 0 Å². The summed E-state index contributed by atoms with van der Waals surface area (Å²) in [5, 5.41) is 2.54. The number of benzene rings is 2. The van der Waals surface area contributed by atoms with E-state index < -0.39 is 10.8 Å². The zero-order valence-corrected chi connectivity index (χ0v) is 12.0. The van der Waals surface area contributed by atoms with Gasteiger partial charge in [0.1, 0.15) is 0 Å². The topological polar surface area (TPSA) is 17.1 Å². The van der Waals surface area contributed by atoms with Crippen LogP contribution in [0.2, 0.25) is 0 Å². The molecule has 3 rings (SSSR count). The van der Waals surface area contributed by atoms with Gasteiger partial charge in [-0.1, -0.05) is 42.5 Å². The second-order valence-corrected chi connectivity index (χ2v) is 6.91. The summed E-state index contributed by atoms with van der Waals surface area (Å²) in [6.45, 7) is 0. The zero-order valence-electron chi connectivity index (χ0n) is 10.4. The molecule has 1 heterocycles. The zero-order chi connectivity index (χ0) is 13.1. The Morgan fingerprint density at radius 1 is 1.00 bits per heavy atom. The molecule has 2 unspecified atom stereocenters. The second kappa shape index (κ2) is 5.76. The lowest BCUT2D eigenvalue weighted by molar-refractivity contribution is 0.682. The van der Waals surface area contributed by atoms with Crippen molar-refractivity contribution in [1.82, 2.24) is 0 Å². The molecule has 1 aliphatic heterocycles. The van der Waals surface area contributed by atoms with Gasteiger partial charge < -0.3 is 0 Å². The lowest BCUT2D eigenvalue weighted by atomic mass is 10.1.